The lowest BCUT2D eigenvalue weighted by molar-refractivity contribution is 0.876. The first-order chi connectivity index (χ1) is 5.70. The van der Waals surface area contributed by atoms with Gasteiger partial charge in [0.15, 0.2) is 0 Å². The van der Waals surface area contributed by atoms with Gasteiger partial charge in [0.25, 0.3) is 5.78 Å². The normalized spacial score (nSPS) is 10.9. The maximum Gasteiger partial charge on any atom is 0.252 e. The topological polar surface area (TPSA) is 43.1 Å². The van der Waals surface area contributed by atoms with Crippen LogP contribution in [-0.4, -0.2) is 19.6 Å². The van der Waals surface area contributed by atoms with Gasteiger partial charge < -0.3 is 0 Å². The molecule has 0 unspecified atom stereocenters. The van der Waals surface area contributed by atoms with Crippen LogP contribution in [0.5, 0.6) is 0 Å². The molecular weight excluding hydrogens is 220 g/mol. The number of nitrogens with zero attached hydrogens (tertiary/aromatic N) is 4. The van der Waals surface area contributed by atoms with Gasteiger partial charge in [-0.15, -0.1) is 0 Å². The van der Waals surface area contributed by atoms with Crippen LogP contribution in [0.25, 0.3) is 5.78 Å². The zero-order chi connectivity index (χ0) is 8.72. The smallest absolute Gasteiger partial charge is 0.215 e. The Labute approximate surface area is 77.8 Å². The second-order valence-electron chi connectivity index (χ2n) is 2.57. The zero-order valence-electron chi connectivity index (χ0n) is 6.74. The SMILES string of the molecule is Cc1nc2ncnn2c(C)c1Br. The summed E-state index contributed by atoms with van der Waals surface area (Å²) in [4.78, 5) is 8.24. The molecule has 0 atom stereocenters. The first-order valence-corrected chi connectivity index (χ1v) is 4.32. The Bertz CT molecular complexity index is 434. The van der Waals surface area contributed by atoms with Crippen LogP contribution in [-0.2, 0) is 0 Å². The van der Waals surface area contributed by atoms with Crippen molar-refractivity contribution in [2.24, 2.45) is 0 Å². The molecular formula is C7H7BrN4. The summed E-state index contributed by atoms with van der Waals surface area (Å²) in [5.41, 5.74) is 1.96. The highest BCUT2D eigenvalue weighted by atomic mass is 79.9. The van der Waals surface area contributed by atoms with Crippen molar-refractivity contribution in [3.05, 3.63) is 22.2 Å². The summed E-state index contributed by atoms with van der Waals surface area (Å²) in [6.07, 6.45) is 1.50. The van der Waals surface area contributed by atoms with Gasteiger partial charge in [0.1, 0.15) is 6.33 Å². The second-order valence-corrected chi connectivity index (χ2v) is 3.36. The van der Waals surface area contributed by atoms with Crippen molar-refractivity contribution < 1.29 is 0 Å². The fraction of sp³-hybridized carbons (Fsp3) is 0.286. The molecule has 2 aromatic rings. The molecule has 0 saturated carbocycles. The van der Waals surface area contributed by atoms with Gasteiger partial charge in [-0.3, -0.25) is 0 Å². The highest BCUT2D eigenvalue weighted by Crippen LogP contribution is 2.18. The molecule has 2 rings (SSSR count). The fourth-order valence-electron chi connectivity index (χ4n) is 1.10. The molecule has 4 nitrogen and oxygen atoms in total. The monoisotopic (exact) mass is 226 g/mol. The third-order valence-electron chi connectivity index (χ3n) is 1.75. The molecule has 5 heteroatoms. The molecule has 0 radical (unpaired) electrons. The van der Waals surface area contributed by atoms with Crippen LogP contribution in [0.2, 0.25) is 0 Å². The van der Waals surface area contributed by atoms with Crippen molar-refractivity contribution in [1.29, 1.82) is 0 Å². The van der Waals surface area contributed by atoms with E-state index >= 15 is 0 Å². The van der Waals surface area contributed by atoms with Gasteiger partial charge in [-0.25, -0.2) is 9.50 Å². The van der Waals surface area contributed by atoms with Gasteiger partial charge in [0.2, 0.25) is 0 Å². The Morgan fingerprint density at radius 2 is 2.17 bits per heavy atom. The predicted octanol–water partition coefficient (Wildman–Crippen LogP) is 1.50. The third-order valence-corrected chi connectivity index (χ3v) is 2.90. The molecule has 12 heavy (non-hydrogen) atoms. The minimum Gasteiger partial charge on any atom is -0.215 e. The molecule has 62 valence electrons. The molecule has 0 aromatic carbocycles. The molecule has 0 fully saturated rings. The molecule has 0 aliphatic rings. The third kappa shape index (κ3) is 0.929. The lowest BCUT2D eigenvalue weighted by Gasteiger charge is -2.02. The van der Waals surface area contributed by atoms with Crippen molar-refractivity contribution in [2.75, 3.05) is 0 Å². The number of hydrogen-bond acceptors (Lipinski definition) is 3. The van der Waals surface area contributed by atoms with E-state index in [4.69, 9.17) is 0 Å². The van der Waals surface area contributed by atoms with Gasteiger partial charge >= 0.3 is 0 Å². The number of aromatic nitrogens is 4. The molecule has 0 bridgehead atoms. The van der Waals surface area contributed by atoms with E-state index in [1.165, 1.54) is 6.33 Å². The van der Waals surface area contributed by atoms with E-state index in [0.29, 0.717) is 5.78 Å². The summed E-state index contributed by atoms with van der Waals surface area (Å²) in [5, 5.41) is 4.03. The molecule has 0 aliphatic heterocycles. The highest BCUT2D eigenvalue weighted by molar-refractivity contribution is 9.10. The van der Waals surface area contributed by atoms with Crippen LogP contribution in [0.1, 0.15) is 11.4 Å². The Hall–Kier alpha value is -0.970. The van der Waals surface area contributed by atoms with Crippen LogP contribution >= 0.6 is 15.9 Å². The standard InChI is InChI=1S/C7H7BrN4/c1-4-6(8)5(2)12-7(11-4)9-3-10-12/h3H,1-2H3. The molecule has 0 spiro atoms. The molecule has 0 amide bonds. The van der Waals surface area contributed by atoms with Gasteiger partial charge in [0.05, 0.1) is 15.9 Å². The molecule has 0 aliphatic carbocycles. The quantitative estimate of drug-likeness (QED) is 0.684. The number of hydrogen-bond donors (Lipinski definition) is 0. The average molecular weight is 227 g/mol. The Morgan fingerprint density at radius 3 is 2.92 bits per heavy atom. The van der Waals surface area contributed by atoms with Crippen LogP contribution in [0.15, 0.2) is 10.8 Å². The van der Waals surface area contributed by atoms with E-state index < -0.39 is 0 Å². The van der Waals surface area contributed by atoms with E-state index in [2.05, 4.69) is 31.0 Å². The van der Waals surface area contributed by atoms with E-state index in [-0.39, 0.29) is 0 Å². The Morgan fingerprint density at radius 1 is 1.42 bits per heavy atom. The Balaban J connectivity index is 2.94. The lowest BCUT2D eigenvalue weighted by Crippen LogP contribution is -1.99. The molecule has 0 N–H and O–H groups in total. The lowest BCUT2D eigenvalue weighted by atomic mass is 10.4. The van der Waals surface area contributed by atoms with Crippen molar-refractivity contribution in [1.82, 2.24) is 19.6 Å². The van der Waals surface area contributed by atoms with Crippen molar-refractivity contribution in [3.63, 3.8) is 0 Å². The summed E-state index contributed by atoms with van der Waals surface area (Å²) in [6, 6.07) is 0. The van der Waals surface area contributed by atoms with E-state index in [1.807, 2.05) is 13.8 Å². The van der Waals surface area contributed by atoms with E-state index in [1.54, 1.807) is 4.52 Å². The molecule has 2 aromatic heterocycles. The van der Waals surface area contributed by atoms with Gasteiger partial charge in [-0.2, -0.15) is 10.1 Å². The van der Waals surface area contributed by atoms with Crippen LogP contribution in [0.4, 0.5) is 0 Å². The van der Waals surface area contributed by atoms with E-state index in [0.717, 1.165) is 15.9 Å². The summed E-state index contributed by atoms with van der Waals surface area (Å²) >= 11 is 3.43. The number of aryl methyl sites for hydroxylation is 2. The maximum atomic E-state index is 4.24. The van der Waals surface area contributed by atoms with Gasteiger partial charge in [-0.05, 0) is 29.8 Å². The fourth-order valence-corrected chi connectivity index (χ4v) is 1.36. The average Bonchev–Trinajstić information content (AvgIpc) is 2.48. The zero-order valence-corrected chi connectivity index (χ0v) is 8.33. The minimum absolute atomic E-state index is 0.646. The van der Waals surface area contributed by atoms with Gasteiger partial charge in [0, 0.05) is 0 Å². The van der Waals surface area contributed by atoms with E-state index in [9.17, 15) is 0 Å². The first-order valence-electron chi connectivity index (χ1n) is 3.52. The number of fused-ring (bicyclic) bond motifs is 1. The second kappa shape index (κ2) is 2.52. The first kappa shape index (κ1) is 7.67. The number of rotatable bonds is 0. The summed E-state index contributed by atoms with van der Waals surface area (Å²) in [6.45, 7) is 3.91. The molecule has 2 heterocycles. The van der Waals surface area contributed by atoms with Gasteiger partial charge in [-0.1, -0.05) is 0 Å². The summed E-state index contributed by atoms with van der Waals surface area (Å²) in [7, 11) is 0. The highest BCUT2D eigenvalue weighted by Gasteiger charge is 2.06. The van der Waals surface area contributed by atoms with Crippen molar-refractivity contribution in [2.45, 2.75) is 13.8 Å². The maximum absolute atomic E-state index is 4.24. The van der Waals surface area contributed by atoms with Crippen LogP contribution in [0.3, 0.4) is 0 Å². The van der Waals surface area contributed by atoms with Crippen molar-refractivity contribution in [3.8, 4) is 0 Å². The van der Waals surface area contributed by atoms with Crippen LogP contribution in [0, 0.1) is 13.8 Å². The minimum atomic E-state index is 0.646. The largest absolute Gasteiger partial charge is 0.252 e. The summed E-state index contributed by atoms with van der Waals surface area (Å²) < 4.78 is 2.69. The predicted molar refractivity (Wildman–Crippen MR) is 48.0 cm³/mol. The van der Waals surface area contributed by atoms with Crippen LogP contribution < -0.4 is 0 Å². The summed E-state index contributed by atoms with van der Waals surface area (Å²) in [5.74, 6) is 0.646. The Kier molecular flexibility index (Phi) is 1.61. The molecule has 0 saturated heterocycles. The van der Waals surface area contributed by atoms with Crippen molar-refractivity contribution >= 4 is 21.7 Å². The number of halogens is 1.